The number of pyridine rings is 2. The lowest BCUT2D eigenvalue weighted by Crippen LogP contribution is -2.26. The molecule has 6 nitrogen and oxygen atoms in total. The Bertz CT molecular complexity index is 868. The molecule has 1 aliphatic heterocycles. The fraction of sp³-hybridized carbons (Fsp3) is 0.524. The standard InChI is InChI=1S/C21H26F2N4O2/c1-2-14-6-12(19-15-10-27(4-3-5-28)11-16(15)19)7-17(26-14)13-8-18(29-21(22)23)20(24)25-9-13/h6-9,15-16,19,21,28H,2-5,10-11H2,1H3,(H2,24,25)/t15-,16+,19?. The molecule has 3 heterocycles. The monoisotopic (exact) mass is 404 g/mol. The number of nitrogen functional groups attached to an aromatic ring is 1. The van der Waals surface area contributed by atoms with Gasteiger partial charge in [-0.3, -0.25) is 4.98 Å². The number of nitrogens with two attached hydrogens (primary N) is 1. The zero-order chi connectivity index (χ0) is 20.5. The van der Waals surface area contributed by atoms with E-state index in [1.807, 2.05) is 13.0 Å². The number of likely N-dealkylation sites (tertiary alicyclic amines) is 1. The van der Waals surface area contributed by atoms with Crippen LogP contribution in [0.5, 0.6) is 5.75 Å². The van der Waals surface area contributed by atoms with Gasteiger partial charge in [0.1, 0.15) is 0 Å². The number of aryl methyl sites for hydroxylation is 1. The van der Waals surface area contributed by atoms with E-state index in [9.17, 15) is 8.78 Å². The lowest BCUT2D eigenvalue weighted by Gasteiger charge is -2.19. The number of ether oxygens (including phenoxy) is 1. The number of hydrogen-bond acceptors (Lipinski definition) is 6. The van der Waals surface area contributed by atoms with Crippen LogP contribution in [-0.2, 0) is 6.42 Å². The van der Waals surface area contributed by atoms with Gasteiger partial charge in [-0.15, -0.1) is 0 Å². The van der Waals surface area contributed by atoms with Crippen molar-refractivity contribution in [1.82, 2.24) is 14.9 Å². The van der Waals surface area contributed by atoms with E-state index in [-0.39, 0.29) is 18.2 Å². The summed E-state index contributed by atoms with van der Waals surface area (Å²) in [7, 11) is 0. The summed E-state index contributed by atoms with van der Waals surface area (Å²) in [5, 5.41) is 9.02. The molecule has 1 unspecified atom stereocenters. The van der Waals surface area contributed by atoms with Gasteiger partial charge in [-0.1, -0.05) is 6.92 Å². The van der Waals surface area contributed by atoms with E-state index < -0.39 is 6.61 Å². The fourth-order valence-electron chi connectivity index (χ4n) is 4.50. The first-order chi connectivity index (χ1) is 14.0. The maximum Gasteiger partial charge on any atom is 0.387 e. The van der Waals surface area contributed by atoms with Gasteiger partial charge in [-0.05, 0) is 54.4 Å². The molecule has 2 aliphatic rings. The Morgan fingerprint density at radius 2 is 2.03 bits per heavy atom. The van der Waals surface area contributed by atoms with Crippen LogP contribution in [0.3, 0.4) is 0 Å². The first kappa shape index (κ1) is 20.0. The van der Waals surface area contributed by atoms with E-state index in [1.165, 1.54) is 11.6 Å². The molecule has 4 rings (SSSR count). The summed E-state index contributed by atoms with van der Waals surface area (Å²) >= 11 is 0. The Balaban J connectivity index is 1.56. The number of nitrogens with zero attached hydrogens (tertiary/aromatic N) is 3. The number of fused-ring (bicyclic) bond motifs is 1. The highest BCUT2D eigenvalue weighted by molar-refractivity contribution is 5.65. The zero-order valence-corrected chi connectivity index (χ0v) is 16.4. The normalized spacial score (nSPS) is 23.4. The molecule has 0 radical (unpaired) electrons. The van der Waals surface area contributed by atoms with E-state index in [1.54, 1.807) is 6.20 Å². The van der Waals surface area contributed by atoms with Gasteiger partial charge in [-0.2, -0.15) is 8.78 Å². The Hall–Kier alpha value is -2.32. The van der Waals surface area contributed by atoms with Gasteiger partial charge >= 0.3 is 6.61 Å². The molecule has 3 atom stereocenters. The minimum atomic E-state index is -2.96. The van der Waals surface area contributed by atoms with Gasteiger partial charge in [0.2, 0.25) is 0 Å². The van der Waals surface area contributed by atoms with Gasteiger partial charge in [0, 0.05) is 43.7 Å². The lowest BCUT2D eigenvalue weighted by molar-refractivity contribution is -0.0494. The highest BCUT2D eigenvalue weighted by Gasteiger charge is 2.55. The lowest BCUT2D eigenvalue weighted by atomic mass is 10.0. The molecule has 0 bridgehead atoms. The van der Waals surface area contributed by atoms with Crippen molar-refractivity contribution < 1.29 is 18.6 Å². The third kappa shape index (κ3) is 4.18. The van der Waals surface area contributed by atoms with Crippen molar-refractivity contribution in [3.63, 3.8) is 0 Å². The summed E-state index contributed by atoms with van der Waals surface area (Å²) in [5.41, 5.74) is 9.19. The summed E-state index contributed by atoms with van der Waals surface area (Å²) in [6, 6.07) is 5.68. The van der Waals surface area contributed by atoms with Crippen molar-refractivity contribution in [3.05, 3.63) is 35.7 Å². The van der Waals surface area contributed by atoms with Gasteiger partial charge < -0.3 is 20.5 Å². The summed E-state index contributed by atoms with van der Waals surface area (Å²) in [6.07, 6.45) is 3.15. The van der Waals surface area contributed by atoms with Crippen molar-refractivity contribution in [3.8, 4) is 17.0 Å². The molecule has 1 aliphatic carbocycles. The average molecular weight is 404 g/mol. The smallest absolute Gasteiger partial charge is 0.387 e. The number of anilines is 1. The summed E-state index contributed by atoms with van der Waals surface area (Å²) in [6.45, 7) is 2.39. The second-order valence-electron chi connectivity index (χ2n) is 7.81. The Morgan fingerprint density at radius 3 is 2.69 bits per heavy atom. The minimum Gasteiger partial charge on any atom is -0.431 e. The van der Waals surface area contributed by atoms with Crippen LogP contribution in [0, 0.1) is 11.8 Å². The molecular weight excluding hydrogens is 378 g/mol. The summed E-state index contributed by atoms with van der Waals surface area (Å²) in [5.74, 6) is 1.57. The molecule has 8 heteroatoms. The maximum absolute atomic E-state index is 12.6. The van der Waals surface area contributed by atoms with E-state index in [0.717, 1.165) is 38.2 Å². The van der Waals surface area contributed by atoms with Crippen LogP contribution in [0.2, 0.25) is 0 Å². The van der Waals surface area contributed by atoms with Gasteiger partial charge in [0.15, 0.2) is 11.6 Å². The number of aliphatic hydroxyl groups excluding tert-OH is 1. The van der Waals surface area contributed by atoms with Crippen molar-refractivity contribution in [2.24, 2.45) is 11.8 Å². The van der Waals surface area contributed by atoms with Crippen LogP contribution in [0.15, 0.2) is 24.4 Å². The Morgan fingerprint density at radius 1 is 1.28 bits per heavy atom. The molecule has 3 N–H and O–H groups in total. The number of rotatable bonds is 8. The topological polar surface area (TPSA) is 84.5 Å². The predicted octanol–water partition coefficient (Wildman–Crippen LogP) is 2.92. The molecule has 2 aromatic heterocycles. The fourth-order valence-corrected chi connectivity index (χ4v) is 4.50. The molecular formula is C21H26F2N4O2. The van der Waals surface area contributed by atoms with Crippen molar-refractivity contribution in [1.29, 1.82) is 0 Å². The molecule has 29 heavy (non-hydrogen) atoms. The Kier molecular flexibility index (Phi) is 5.65. The van der Waals surface area contributed by atoms with Gasteiger partial charge in [0.05, 0.1) is 5.69 Å². The number of halogens is 2. The molecule has 0 amide bonds. The third-order valence-corrected chi connectivity index (χ3v) is 5.94. The largest absolute Gasteiger partial charge is 0.431 e. The molecule has 2 fully saturated rings. The first-order valence-corrected chi connectivity index (χ1v) is 10.0. The molecule has 1 saturated heterocycles. The highest BCUT2D eigenvalue weighted by atomic mass is 19.3. The number of aliphatic hydroxyl groups is 1. The van der Waals surface area contributed by atoms with Crippen LogP contribution in [-0.4, -0.2) is 52.8 Å². The SMILES string of the molecule is CCc1cc(C2[C@H]3CN(CCCO)C[C@@H]23)cc(-c2cnc(N)c(OC(F)F)c2)n1. The van der Waals surface area contributed by atoms with Gasteiger partial charge in [0.25, 0.3) is 0 Å². The van der Waals surface area contributed by atoms with Crippen LogP contribution >= 0.6 is 0 Å². The van der Waals surface area contributed by atoms with E-state index >= 15 is 0 Å². The molecule has 0 spiro atoms. The molecule has 156 valence electrons. The maximum atomic E-state index is 12.6. The summed E-state index contributed by atoms with van der Waals surface area (Å²) < 4.78 is 29.8. The van der Waals surface area contributed by atoms with E-state index in [2.05, 4.69) is 25.7 Å². The second-order valence-corrected chi connectivity index (χ2v) is 7.81. The second kappa shape index (κ2) is 8.20. The van der Waals surface area contributed by atoms with Crippen LogP contribution in [0.1, 0.15) is 30.5 Å². The minimum absolute atomic E-state index is 0.0689. The van der Waals surface area contributed by atoms with E-state index in [0.29, 0.717) is 29.0 Å². The summed E-state index contributed by atoms with van der Waals surface area (Å²) in [4.78, 5) is 11.1. The molecule has 2 aromatic rings. The first-order valence-electron chi connectivity index (χ1n) is 10.0. The van der Waals surface area contributed by atoms with Crippen LogP contribution in [0.25, 0.3) is 11.3 Å². The number of alkyl halides is 2. The van der Waals surface area contributed by atoms with Crippen LogP contribution in [0.4, 0.5) is 14.6 Å². The van der Waals surface area contributed by atoms with Gasteiger partial charge in [-0.25, -0.2) is 4.98 Å². The van der Waals surface area contributed by atoms with Crippen LogP contribution < -0.4 is 10.5 Å². The van der Waals surface area contributed by atoms with E-state index in [4.69, 9.17) is 10.8 Å². The highest BCUT2D eigenvalue weighted by Crippen LogP contribution is 2.58. The Labute approximate surface area is 168 Å². The molecule has 0 aromatic carbocycles. The number of piperidine rings is 1. The number of hydrogen-bond donors (Lipinski definition) is 2. The quantitative estimate of drug-likeness (QED) is 0.704. The third-order valence-electron chi connectivity index (χ3n) is 5.94. The zero-order valence-electron chi connectivity index (χ0n) is 16.4. The van der Waals surface area contributed by atoms with Crippen molar-refractivity contribution >= 4 is 5.82 Å². The molecule has 1 saturated carbocycles. The van der Waals surface area contributed by atoms with Crippen molar-refractivity contribution in [2.75, 3.05) is 32.0 Å². The average Bonchev–Trinajstić information content (AvgIpc) is 3.22. The number of aromatic nitrogens is 2. The predicted molar refractivity (Wildman–Crippen MR) is 106 cm³/mol. The van der Waals surface area contributed by atoms with Crippen molar-refractivity contribution in [2.45, 2.75) is 32.3 Å².